The Bertz CT molecular complexity index is 397. The van der Waals surface area contributed by atoms with Crippen molar-refractivity contribution in [3.8, 4) is 0 Å². The summed E-state index contributed by atoms with van der Waals surface area (Å²) in [6, 6.07) is -0.857. The fraction of sp³-hybridized carbons (Fsp3) is 1.00. The molecule has 2 aliphatic heterocycles. The van der Waals surface area contributed by atoms with Gasteiger partial charge < -0.3 is 45.1 Å². The highest BCUT2D eigenvalue weighted by Crippen LogP contribution is 2.32. The Morgan fingerprint density at radius 1 is 0.885 bits per heavy atom. The second-order valence-electron chi connectivity index (χ2n) is 6.56. The molecule has 6 N–H and O–H groups in total. The fourth-order valence-electron chi connectivity index (χ4n) is 3.24. The first-order chi connectivity index (χ1) is 11.3. The molecule has 4 unspecified atom stereocenters. The Labute approximate surface area is 156 Å². The van der Waals surface area contributed by atoms with Gasteiger partial charge in [-0.1, -0.05) is 28.7 Å². The van der Waals surface area contributed by atoms with Gasteiger partial charge in [-0.2, -0.15) is 0 Å². The molecule has 2 heterocycles. The quantitative estimate of drug-likeness (QED) is 0.406. The molecule has 0 amide bonds. The van der Waals surface area contributed by atoms with E-state index in [2.05, 4.69) is 0 Å². The zero-order valence-electron chi connectivity index (χ0n) is 14.2. The van der Waals surface area contributed by atoms with Crippen LogP contribution >= 0.6 is 0 Å². The van der Waals surface area contributed by atoms with Gasteiger partial charge in [0.2, 0.25) is 0 Å². The molecular weight excluding hydrogens is 346 g/mol. The zero-order valence-corrected chi connectivity index (χ0v) is 14.2. The molecule has 9 nitrogen and oxygen atoms in total. The first-order valence-corrected chi connectivity index (χ1v) is 8.18. The summed E-state index contributed by atoms with van der Waals surface area (Å²) in [6.07, 6.45) is -6.01. The average molecular weight is 383 g/mol. The molecule has 26 heavy (non-hydrogen) atoms. The van der Waals surface area contributed by atoms with E-state index in [0.29, 0.717) is 0 Å². The van der Waals surface area contributed by atoms with Gasteiger partial charge in [0.1, 0.15) is 12.2 Å². The topological polar surface area (TPSA) is 144 Å². The Balaban J connectivity index is 0.00000312. The van der Waals surface area contributed by atoms with E-state index in [0.717, 1.165) is 0 Å². The highest BCUT2D eigenvalue weighted by Gasteiger charge is 2.48. The van der Waals surface area contributed by atoms with Gasteiger partial charge in [0.15, 0.2) is 12.6 Å². The Hall–Kier alpha value is -0.360. The summed E-state index contributed by atoms with van der Waals surface area (Å²) < 4.78 is 22.1. The third kappa shape index (κ3) is 4.92. The van der Waals surface area contributed by atoms with Crippen molar-refractivity contribution in [2.75, 3.05) is 20.3 Å². The minimum Gasteiger partial charge on any atom is -0.394 e. The van der Waals surface area contributed by atoms with Gasteiger partial charge in [-0.15, -0.1) is 0 Å². The van der Waals surface area contributed by atoms with E-state index in [1.807, 2.05) is 0 Å². The van der Waals surface area contributed by atoms with Crippen molar-refractivity contribution in [2.45, 2.75) is 77.8 Å². The first-order valence-electron chi connectivity index (χ1n) is 8.18. The van der Waals surface area contributed by atoms with Gasteiger partial charge in [0.25, 0.3) is 0 Å². The lowest BCUT2D eigenvalue weighted by Gasteiger charge is -2.47. The van der Waals surface area contributed by atoms with Crippen LogP contribution in [0.3, 0.4) is 0 Å². The molecule has 0 spiro atoms. The number of hydrogen-bond acceptors (Lipinski definition) is 9. The van der Waals surface area contributed by atoms with Crippen molar-refractivity contribution >= 4 is 0 Å². The summed E-state index contributed by atoms with van der Waals surface area (Å²) >= 11 is 0. The van der Waals surface area contributed by atoms with Crippen LogP contribution in [0, 0.1) is 11.8 Å². The molecule has 2 saturated heterocycles. The van der Waals surface area contributed by atoms with Crippen LogP contribution in [0.5, 0.6) is 0 Å². The van der Waals surface area contributed by atoms with E-state index >= 15 is 0 Å². The number of ether oxygens (including phenoxy) is 4. The van der Waals surface area contributed by atoms with E-state index in [1.54, 1.807) is 13.8 Å². The molecule has 10 atom stereocenters. The van der Waals surface area contributed by atoms with Gasteiger partial charge >= 0.3 is 0 Å². The third-order valence-corrected chi connectivity index (χ3v) is 5.01. The molecule has 9 heteroatoms. The molecule has 2 aliphatic rings. The summed E-state index contributed by atoms with van der Waals surface area (Å²) in [7, 11) is 1.45. The van der Waals surface area contributed by atoms with Crippen molar-refractivity contribution in [1.82, 2.24) is 0 Å². The summed E-state index contributed by atoms with van der Waals surface area (Å²) in [6.45, 7) is 2.78. The highest BCUT2D eigenvalue weighted by molar-refractivity contribution is 4.93. The lowest BCUT2D eigenvalue weighted by Crippen LogP contribution is -2.63. The summed E-state index contributed by atoms with van der Waals surface area (Å²) in [5.74, 6) is -0.761. The number of aliphatic hydroxyl groups excluding tert-OH is 4. The van der Waals surface area contributed by atoms with Gasteiger partial charge in [-0.05, 0) is 0 Å². The molecule has 0 aromatic heterocycles. The second kappa shape index (κ2) is 10.8. The largest absolute Gasteiger partial charge is 0.394 e. The lowest BCUT2D eigenvalue weighted by atomic mass is 9.89. The zero-order chi connectivity index (χ0) is 18.0. The van der Waals surface area contributed by atoms with Crippen molar-refractivity contribution < 1.29 is 39.4 Å². The predicted octanol–water partition coefficient (Wildman–Crippen LogP) is -0.954. The van der Waals surface area contributed by atoms with Crippen LogP contribution in [0.25, 0.3) is 0 Å². The minimum absolute atomic E-state index is 0. The molecule has 2 fully saturated rings. The fourth-order valence-corrected chi connectivity index (χ4v) is 3.24. The maximum Gasteiger partial charge on any atom is 0.176 e. The van der Waals surface area contributed by atoms with E-state index in [-0.39, 0.29) is 27.4 Å². The average Bonchev–Trinajstić information content (AvgIpc) is 2.59. The molecule has 0 bridgehead atoms. The van der Waals surface area contributed by atoms with Gasteiger partial charge in [0.05, 0.1) is 37.6 Å². The summed E-state index contributed by atoms with van der Waals surface area (Å²) in [4.78, 5) is 0. The lowest BCUT2D eigenvalue weighted by molar-refractivity contribution is -0.330. The Morgan fingerprint density at radius 2 is 1.42 bits per heavy atom. The molecule has 0 radical (unpaired) electrons. The number of nitrogens with two attached hydrogens (primary N) is 1. The van der Waals surface area contributed by atoms with Crippen LogP contribution in [0.1, 0.15) is 28.7 Å². The number of methoxy groups -OCH3 is 1. The maximum absolute atomic E-state index is 10.5. The van der Waals surface area contributed by atoms with Crippen LogP contribution in [0.15, 0.2) is 0 Å². The predicted molar refractivity (Wildman–Crippen MR) is 95.2 cm³/mol. The van der Waals surface area contributed by atoms with E-state index < -0.39 is 61.7 Å². The third-order valence-electron chi connectivity index (χ3n) is 5.01. The molecule has 0 saturated carbocycles. The van der Waals surface area contributed by atoms with Crippen LogP contribution in [-0.4, -0.2) is 89.9 Å². The monoisotopic (exact) mass is 383 g/mol. The number of aliphatic hydroxyl groups is 4. The van der Waals surface area contributed by atoms with E-state index in [1.165, 1.54) is 7.11 Å². The maximum atomic E-state index is 10.5. The van der Waals surface area contributed by atoms with Crippen LogP contribution in [0.4, 0.5) is 0 Å². The van der Waals surface area contributed by atoms with Crippen molar-refractivity contribution in [3.05, 3.63) is 0 Å². The standard InChI is InChI=1S/C15H29NO8.2CH4/c1-6-8(4-17)22-15(10(16)11(6)19)24-13-9(5-18)23-14(21-3)7(2)12(13)20;;/h6-15,17-20H,4-5,16H2,1-3H3;2*1H4/t6-,7+,8?,9?,10?,11-,12?,13+,14-,15-;;/m0../s1. The minimum atomic E-state index is -1.04. The normalized spacial score (nSPS) is 46.2. The highest BCUT2D eigenvalue weighted by atomic mass is 16.7. The van der Waals surface area contributed by atoms with Crippen molar-refractivity contribution in [2.24, 2.45) is 17.6 Å². The van der Waals surface area contributed by atoms with Gasteiger partial charge in [-0.3, -0.25) is 0 Å². The molecular formula is C17H37NO8. The molecule has 0 aromatic carbocycles. The molecule has 2 rings (SSSR count). The SMILES string of the molecule is C.C.CO[C@H]1OC(CO)[C@@H](O[C@@H]2OC(CO)[C@H](C)[C@H](O)C2N)C(O)[C@H]1C. The number of hydrogen-bond donors (Lipinski definition) is 5. The molecule has 158 valence electrons. The van der Waals surface area contributed by atoms with Crippen LogP contribution in [-0.2, 0) is 18.9 Å². The summed E-state index contributed by atoms with van der Waals surface area (Å²) in [5.41, 5.74) is 5.98. The second-order valence-corrected chi connectivity index (χ2v) is 6.56. The van der Waals surface area contributed by atoms with Gasteiger partial charge in [-0.25, -0.2) is 0 Å². The van der Waals surface area contributed by atoms with Gasteiger partial charge in [0, 0.05) is 18.9 Å². The van der Waals surface area contributed by atoms with E-state index in [4.69, 9.17) is 24.7 Å². The smallest absolute Gasteiger partial charge is 0.176 e. The first kappa shape index (κ1) is 25.6. The Morgan fingerprint density at radius 3 is 1.92 bits per heavy atom. The van der Waals surface area contributed by atoms with Crippen molar-refractivity contribution in [1.29, 1.82) is 0 Å². The van der Waals surface area contributed by atoms with Crippen LogP contribution in [0.2, 0.25) is 0 Å². The Kier molecular flexibility index (Phi) is 10.7. The molecule has 0 aromatic rings. The van der Waals surface area contributed by atoms with E-state index in [9.17, 15) is 20.4 Å². The van der Waals surface area contributed by atoms with Crippen LogP contribution < -0.4 is 5.73 Å². The molecule has 0 aliphatic carbocycles. The number of rotatable bonds is 5. The van der Waals surface area contributed by atoms with Crippen molar-refractivity contribution in [3.63, 3.8) is 0 Å². The summed E-state index contributed by atoms with van der Waals surface area (Å²) in [5, 5.41) is 39.6.